The van der Waals surface area contributed by atoms with E-state index in [-0.39, 0.29) is 12.1 Å². The van der Waals surface area contributed by atoms with E-state index < -0.39 is 5.91 Å². The van der Waals surface area contributed by atoms with Crippen molar-refractivity contribution in [2.45, 2.75) is 31.5 Å². The summed E-state index contributed by atoms with van der Waals surface area (Å²) in [7, 11) is 0. The molecule has 5 rings (SSSR count). The lowest BCUT2D eigenvalue weighted by Crippen LogP contribution is -2.30. The lowest BCUT2D eigenvalue weighted by Gasteiger charge is -2.19. The van der Waals surface area contributed by atoms with E-state index in [4.69, 9.17) is 10.8 Å². The number of hydrogen-bond acceptors (Lipinski definition) is 5. The Hall–Kier alpha value is -2.38. The minimum atomic E-state index is -0.499. The number of nitrogens with one attached hydrogen (secondary N) is 1. The number of nitrogens with zero attached hydrogens (tertiary/aromatic N) is 2. The van der Waals surface area contributed by atoms with Gasteiger partial charge in [0.05, 0.1) is 12.1 Å². The van der Waals surface area contributed by atoms with Gasteiger partial charge in [-0.05, 0) is 47.7 Å². The molecule has 0 radical (unpaired) electrons. The normalized spacial score (nSPS) is 24.8. The van der Waals surface area contributed by atoms with E-state index >= 15 is 0 Å². The third-order valence-corrected chi connectivity index (χ3v) is 6.20. The molecule has 2 bridgehead atoms. The molecule has 25 heavy (non-hydrogen) atoms. The molecule has 3 atom stereocenters. The van der Waals surface area contributed by atoms with Crippen molar-refractivity contribution in [2.75, 3.05) is 5.32 Å². The molecule has 0 spiro atoms. The van der Waals surface area contributed by atoms with Gasteiger partial charge >= 0.3 is 0 Å². The van der Waals surface area contributed by atoms with E-state index in [0.717, 1.165) is 23.8 Å². The summed E-state index contributed by atoms with van der Waals surface area (Å²) in [4.78, 5) is 12.2. The number of aliphatic hydroxyl groups is 1. The molecule has 7 heteroatoms. The number of fused-ring (bicyclic) bond motifs is 4. The summed E-state index contributed by atoms with van der Waals surface area (Å²) in [6.45, 7) is 0.691. The first-order valence-electron chi connectivity index (χ1n) is 8.43. The molecule has 2 aliphatic rings. The smallest absolute Gasteiger partial charge is 0.254 e. The van der Waals surface area contributed by atoms with Gasteiger partial charge < -0.3 is 16.2 Å². The molecule has 0 saturated heterocycles. The molecule has 1 saturated carbocycles. The number of aromatic nitrogens is 2. The molecule has 1 amide bonds. The number of rotatable bonds is 2. The van der Waals surface area contributed by atoms with Crippen molar-refractivity contribution in [3.63, 3.8) is 0 Å². The van der Waals surface area contributed by atoms with Gasteiger partial charge in [-0.3, -0.25) is 4.79 Å². The Kier molecular flexibility index (Phi) is 3.17. The summed E-state index contributed by atoms with van der Waals surface area (Å²) in [5.74, 6) is 0.502. The number of aliphatic hydroxyl groups excluding tert-OH is 1. The Morgan fingerprint density at radius 1 is 1.36 bits per heavy atom. The molecule has 6 nitrogen and oxygen atoms in total. The lowest BCUT2D eigenvalue weighted by molar-refractivity contribution is 0.100. The maximum Gasteiger partial charge on any atom is 0.254 e. The number of thiophene rings is 1. The molecule has 128 valence electrons. The van der Waals surface area contributed by atoms with Gasteiger partial charge in [-0.2, -0.15) is 5.10 Å². The van der Waals surface area contributed by atoms with Crippen LogP contribution in [0, 0.1) is 5.92 Å². The summed E-state index contributed by atoms with van der Waals surface area (Å²) < 4.78 is 3.05. The lowest BCUT2D eigenvalue weighted by atomic mass is 10.1. The number of amides is 1. The predicted octanol–water partition coefficient (Wildman–Crippen LogP) is 2.43. The molecule has 1 aromatic carbocycles. The van der Waals surface area contributed by atoms with Crippen LogP contribution < -0.4 is 11.1 Å². The zero-order valence-electron chi connectivity index (χ0n) is 13.5. The first-order chi connectivity index (χ1) is 12.1. The fourth-order valence-electron chi connectivity index (χ4n) is 4.13. The number of hydrogen-bond donors (Lipinski definition) is 3. The minimum absolute atomic E-state index is 0.0479. The average Bonchev–Trinajstić information content (AvgIpc) is 3.23. The van der Waals surface area contributed by atoms with Crippen molar-refractivity contribution in [2.24, 2.45) is 11.7 Å². The van der Waals surface area contributed by atoms with Gasteiger partial charge in [0.1, 0.15) is 17.1 Å². The third-order valence-electron chi connectivity index (χ3n) is 5.30. The quantitative estimate of drug-likeness (QED) is 0.659. The molecule has 3 aromatic rings. The number of carbonyl (C=O) groups is 1. The second-order valence-electron chi connectivity index (χ2n) is 6.95. The van der Waals surface area contributed by atoms with E-state index in [9.17, 15) is 9.90 Å². The second kappa shape index (κ2) is 5.31. The molecule has 3 heterocycles. The van der Waals surface area contributed by atoms with Crippen molar-refractivity contribution in [1.82, 2.24) is 9.78 Å². The van der Waals surface area contributed by atoms with Crippen LogP contribution >= 0.6 is 11.3 Å². The fraction of sp³-hybridized carbons (Fsp3) is 0.333. The maximum atomic E-state index is 12.2. The minimum Gasteiger partial charge on any atom is -0.391 e. The van der Waals surface area contributed by atoms with Crippen LogP contribution in [-0.2, 0) is 6.54 Å². The highest BCUT2D eigenvalue weighted by Gasteiger charge is 2.38. The molecular formula is C18H18N4O2S. The molecule has 2 aromatic heterocycles. The van der Waals surface area contributed by atoms with Crippen LogP contribution in [0.15, 0.2) is 29.6 Å². The Balaban J connectivity index is 1.68. The maximum absolute atomic E-state index is 12.2. The summed E-state index contributed by atoms with van der Waals surface area (Å²) in [5.41, 5.74) is 7.61. The molecule has 1 aliphatic heterocycles. The highest BCUT2D eigenvalue weighted by atomic mass is 32.1. The SMILES string of the molecule is NC(=O)c1c(-c2ccc3sccc3c2)nn2c1N[C@H]1C[C@H](C[C@@H]1O)C2. The standard InChI is InChI=1S/C18H18N4O2S/c19-17(24)15-16(11-1-2-14-10(7-11)3-4-25-14)21-22-8-9-5-12(13(23)6-9)20-18(15)22/h1-4,7,9,12-13,20,23H,5-6,8H2,(H2,19,24)/t9-,12+,13+/m1/s1. The number of primary amides is 1. The Labute approximate surface area is 148 Å². The number of carbonyl (C=O) groups excluding carboxylic acids is 1. The van der Waals surface area contributed by atoms with Crippen LogP contribution in [0.5, 0.6) is 0 Å². The first-order valence-corrected chi connectivity index (χ1v) is 9.31. The van der Waals surface area contributed by atoms with Gasteiger partial charge in [-0.15, -0.1) is 11.3 Å². The van der Waals surface area contributed by atoms with Crippen molar-refractivity contribution < 1.29 is 9.90 Å². The Morgan fingerprint density at radius 3 is 3.08 bits per heavy atom. The summed E-state index contributed by atoms with van der Waals surface area (Å²) in [6, 6.07) is 8.09. The van der Waals surface area contributed by atoms with Crippen molar-refractivity contribution >= 4 is 33.1 Å². The van der Waals surface area contributed by atoms with Gasteiger partial charge in [0.15, 0.2) is 0 Å². The topological polar surface area (TPSA) is 93.2 Å². The van der Waals surface area contributed by atoms with Crippen LogP contribution in [0.25, 0.3) is 21.3 Å². The van der Waals surface area contributed by atoms with Crippen LogP contribution in [0.3, 0.4) is 0 Å². The average molecular weight is 354 g/mol. The summed E-state index contributed by atoms with van der Waals surface area (Å²) in [5, 5.41) is 21.4. The van der Waals surface area contributed by atoms with E-state index in [1.54, 1.807) is 11.3 Å². The molecule has 1 aliphatic carbocycles. The highest BCUT2D eigenvalue weighted by Crippen LogP contribution is 2.38. The number of nitrogens with two attached hydrogens (primary N) is 1. The third kappa shape index (κ3) is 2.26. The Morgan fingerprint density at radius 2 is 2.24 bits per heavy atom. The highest BCUT2D eigenvalue weighted by molar-refractivity contribution is 7.17. The van der Waals surface area contributed by atoms with E-state index in [2.05, 4.69) is 11.4 Å². The number of benzene rings is 1. The van der Waals surface area contributed by atoms with Crippen LogP contribution in [0.2, 0.25) is 0 Å². The Bertz CT molecular complexity index is 992. The van der Waals surface area contributed by atoms with Crippen LogP contribution in [-0.4, -0.2) is 32.9 Å². The largest absolute Gasteiger partial charge is 0.391 e. The van der Waals surface area contributed by atoms with E-state index in [1.807, 2.05) is 28.3 Å². The molecule has 1 fully saturated rings. The summed E-state index contributed by atoms with van der Waals surface area (Å²) in [6.07, 6.45) is 1.26. The van der Waals surface area contributed by atoms with Crippen LogP contribution in [0.1, 0.15) is 23.2 Å². The van der Waals surface area contributed by atoms with Gasteiger partial charge in [-0.1, -0.05) is 6.07 Å². The van der Waals surface area contributed by atoms with Gasteiger partial charge in [-0.25, -0.2) is 4.68 Å². The van der Waals surface area contributed by atoms with Crippen molar-refractivity contribution in [3.05, 3.63) is 35.2 Å². The van der Waals surface area contributed by atoms with E-state index in [1.165, 1.54) is 4.70 Å². The van der Waals surface area contributed by atoms with Crippen molar-refractivity contribution in [3.8, 4) is 11.3 Å². The molecule has 4 N–H and O–H groups in total. The van der Waals surface area contributed by atoms with Crippen molar-refractivity contribution in [1.29, 1.82) is 0 Å². The predicted molar refractivity (Wildman–Crippen MR) is 97.7 cm³/mol. The first kappa shape index (κ1) is 14.9. The van der Waals surface area contributed by atoms with Crippen LogP contribution in [0.4, 0.5) is 5.82 Å². The zero-order valence-corrected chi connectivity index (χ0v) is 14.3. The fourth-order valence-corrected chi connectivity index (χ4v) is 4.90. The molecular weight excluding hydrogens is 336 g/mol. The van der Waals surface area contributed by atoms with Gasteiger partial charge in [0, 0.05) is 16.8 Å². The monoisotopic (exact) mass is 354 g/mol. The van der Waals surface area contributed by atoms with Gasteiger partial charge in [0.25, 0.3) is 5.91 Å². The summed E-state index contributed by atoms with van der Waals surface area (Å²) >= 11 is 1.68. The number of anilines is 1. The zero-order chi connectivity index (χ0) is 17.1. The van der Waals surface area contributed by atoms with Gasteiger partial charge in [0.2, 0.25) is 0 Å². The second-order valence-corrected chi connectivity index (χ2v) is 7.90. The van der Waals surface area contributed by atoms with E-state index in [0.29, 0.717) is 29.5 Å². The molecule has 0 unspecified atom stereocenters.